The summed E-state index contributed by atoms with van der Waals surface area (Å²) in [4.78, 5) is 22.9. The first-order chi connectivity index (χ1) is 10.4. The van der Waals surface area contributed by atoms with E-state index in [9.17, 15) is 9.59 Å². The fourth-order valence-corrected chi connectivity index (χ4v) is 3.85. The predicted molar refractivity (Wildman–Crippen MR) is 89.6 cm³/mol. The first-order valence-electron chi connectivity index (χ1n) is 6.95. The minimum atomic E-state index is -0.874. The summed E-state index contributed by atoms with van der Waals surface area (Å²) in [7, 11) is 0. The molecule has 2 rings (SSSR count). The van der Waals surface area contributed by atoms with Crippen LogP contribution in [0, 0.1) is 0 Å². The Morgan fingerprint density at radius 3 is 2.59 bits per heavy atom. The van der Waals surface area contributed by atoms with E-state index >= 15 is 0 Å². The van der Waals surface area contributed by atoms with Crippen LogP contribution < -0.4 is 5.32 Å². The van der Waals surface area contributed by atoms with Gasteiger partial charge in [0.25, 0.3) is 0 Å². The highest BCUT2D eigenvalue weighted by Gasteiger charge is 2.40. The highest BCUT2D eigenvalue weighted by atomic mass is 35.5. The molecule has 2 N–H and O–H groups in total. The average molecular weight is 362 g/mol. The molecule has 1 amide bonds. The van der Waals surface area contributed by atoms with E-state index in [-0.39, 0.29) is 18.1 Å². The summed E-state index contributed by atoms with van der Waals surface area (Å²) in [5.41, 5.74) is 0.384. The van der Waals surface area contributed by atoms with Gasteiger partial charge in [0.05, 0.1) is 17.7 Å². The SMILES string of the molecule is O=C(O)CC1(NC(=O)CSCc2ccc(Cl)cc2Cl)CCC1. The first kappa shape index (κ1) is 17.4. The van der Waals surface area contributed by atoms with Gasteiger partial charge in [-0.05, 0) is 37.0 Å². The number of carbonyl (C=O) groups is 2. The van der Waals surface area contributed by atoms with Crippen molar-refractivity contribution in [2.24, 2.45) is 0 Å². The number of thioether (sulfide) groups is 1. The number of carboxylic acids is 1. The van der Waals surface area contributed by atoms with Crippen LogP contribution in [0.25, 0.3) is 0 Å². The van der Waals surface area contributed by atoms with Crippen molar-refractivity contribution in [3.8, 4) is 0 Å². The van der Waals surface area contributed by atoms with Crippen LogP contribution >= 0.6 is 35.0 Å². The second kappa shape index (κ2) is 7.57. The molecule has 7 heteroatoms. The van der Waals surface area contributed by atoms with E-state index in [0.717, 1.165) is 24.8 Å². The van der Waals surface area contributed by atoms with Gasteiger partial charge in [0, 0.05) is 15.8 Å². The summed E-state index contributed by atoms with van der Waals surface area (Å²) >= 11 is 13.4. The lowest BCUT2D eigenvalue weighted by Crippen LogP contribution is -2.55. The molecule has 22 heavy (non-hydrogen) atoms. The first-order valence-corrected chi connectivity index (χ1v) is 8.86. The maximum Gasteiger partial charge on any atom is 0.305 e. The fourth-order valence-electron chi connectivity index (χ4n) is 2.46. The minimum absolute atomic E-state index is 0.00752. The number of carboxylic acid groups (broad SMARTS) is 1. The van der Waals surface area contributed by atoms with Crippen molar-refractivity contribution in [2.45, 2.75) is 37.0 Å². The lowest BCUT2D eigenvalue weighted by Gasteiger charge is -2.41. The van der Waals surface area contributed by atoms with Crippen molar-refractivity contribution in [1.82, 2.24) is 5.32 Å². The summed E-state index contributed by atoms with van der Waals surface area (Å²) in [5, 5.41) is 13.0. The second-order valence-corrected chi connectivity index (χ2v) is 7.31. The van der Waals surface area contributed by atoms with E-state index in [1.54, 1.807) is 12.1 Å². The van der Waals surface area contributed by atoms with Crippen molar-refractivity contribution in [1.29, 1.82) is 0 Å². The van der Waals surface area contributed by atoms with Crippen LogP contribution in [0.2, 0.25) is 10.0 Å². The van der Waals surface area contributed by atoms with Crippen LogP contribution in [0.4, 0.5) is 0 Å². The van der Waals surface area contributed by atoms with Gasteiger partial charge in [-0.15, -0.1) is 11.8 Å². The zero-order valence-electron chi connectivity index (χ0n) is 11.9. The predicted octanol–water partition coefficient (Wildman–Crippen LogP) is 3.74. The molecule has 1 aromatic rings. The molecule has 1 aromatic carbocycles. The number of amides is 1. The number of aliphatic carboxylic acids is 1. The Morgan fingerprint density at radius 1 is 1.32 bits per heavy atom. The van der Waals surface area contributed by atoms with E-state index in [2.05, 4.69) is 5.32 Å². The molecule has 0 heterocycles. The monoisotopic (exact) mass is 361 g/mol. The topological polar surface area (TPSA) is 66.4 Å². The number of nitrogens with one attached hydrogen (secondary N) is 1. The molecule has 1 aliphatic carbocycles. The summed E-state index contributed by atoms with van der Waals surface area (Å²) < 4.78 is 0. The second-order valence-electron chi connectivity index (χ2n) is 5.48. The smallest absolute Gasteiger partial charge is 0.305 e. The molecule has 0 atom stereocenters. The van der Waals surface area contributed by atoms with Gasteiger partial charge in [-0.3, -0.25) is 9.59 Å². The summed E-state index contributed by atoms with van der Waals surface area (Å²) in [6.45, 7) is 0. The molecule has 1 fully saturated rings. The van der Waals surface area contributed by atoms with E-state index in [0.29, 0.717) is 15.8 Å². The number of benzene rings is 1. The van der Waals surface area contributed by atoms with Crippen LogP contribution in [-0.2, 0) is 15.3 Å². The number of carbonyl (C=O) groups excluding carboxylic acids is 1. The van der Waals surface area contributed by atoms with Crippen LogP contribution in [0.1, 0.15) is 31.2 Å². The van der Waals surface area contributed by atoms with Crippen molar-refractivity contribution in [3.05, 3.63) is 33.8 Å². The fraction of sp³-hybridized carbons (Fsp3) is 0.467. The quantitative estimate of drug-likeness (QED) is 0.776. The van der Waals surface area contributed by atoms with E-state index in [4.69, 9.17) is 28.3 Å². The van der Waals surface area contributed by atoms with Gasteiger partial charge in [-0.2, -0.15) is 0 Å². The van der Waals surface area contributed by atoms with Crippen LogP contribution in [0.15, 0.2) is 18.2 Å². The van der Waals surface area contributed by atoms with Crippen LogP contribution in [0.5, 0.6) is 0 Å². The Bertz CT molecular complexity index is 576. The zero-order chi connectivity index (χ0) is 16.2. The highest BCUT2D eigenvalue weighted by Crippen LogP contribution is 2.35. The number of hydrogen-bond donors (Lipinski definition) is 2. The molecule has 0 aromatic heterocycles. The third-order valence-corrected chi connectivity index (χ3v) is 5.28. The molecular formula is C15H17Cl2NO3S. The summed E-state index contributed by atoms with van der Waals surface area (Å²) in [6, 6.07) is 5.28. The van der Waals surface area contributed by atoms with Crippen molar-refractivity contribution in [2.75, 3.05) is 5.75 Å². The van der Waals surface area contributed by atoms with Crippen LogP contribution in [0.3, 0.4) is 0 Å². The lowest BCUT2D eigenvalue weighted by molar-refractivity contribution is -0.140. The Balaban J connectivity index is 1.79. The standard InChI is InChI=1S/C15H17Cl2NO3S/c16-11-3-2-10(12(17)6-11)8-22-9-13(19)18-15(4-1-5-15)7-14(20)21/h2-3,6H,1,4-5,7-9H2,(H,18,19)(H,20,21). The van der Waals surface area contributed by atoms with Gasteiger partial charge in [0.2, 0.25) is 5.91 Å². The molecule has 120 valence electrons. The number of hydrogen-bond acceptors (Lipinski definition) is 3. The van der Waals surface area contributed by atoms with Crippen molar-refractivity contribution >= 4 is 46.8 Å². The van der Waals surface area contributed by atoms with Gasteiger partial charge >= 0.3 is 5.97 Å². The molecule has 0 radical (unpaired) electrons. The number of halogens is 2. The molecule has 1 aliphatic rings. The Morgan fingerprint density at radius 2 is 2.05 bits per heavy atom. The molecular weight excluding hydrogens is 345 g/mol. The van der Waals surface area contributed by atoms with Crippen LogP contribution in [-0.4, -0.2) is 28.3 Å². The van der Waals surface area contributed by atoms with Gasteiger partial charge in [-0.25, -0.2) is 0 Å². The summed E-state index contributed by atoms with van der Waals surface area (Å²) in [6.07, 6.45) is 2.42. The molecule has 0 aliphatic heterocycles. The normalized spacial score (nSPS) is 15.9. The van der Waals surface area contributed by atoms with Gasteiger partial charge in [0.15, 0.2) is 0 Å². The number of rotatable bonds is 7. The van der Waals surface area contributed by atoms with Gasteiger partial charge in [0.1, 0.15) is 0 Å². The lowest BCUT2D eigenvalue weighted by atomic mass is 9.74. The van der Waals surface area contributed by atoms with E-state index in [1.807, 2.05) is 6.07 Å². The molecule has 0 spiro atoms. The third kappa shape index (κ3) is 4.80. The molecule has 1 saturated carbocycles. The maximum absolute atomic E-state index is 12.0. The Kier molecular flexibility index (Phi) is 6.01. The Labute approximate surface area is 143 Å². The minimum Gasteiger partial charge on any atom is -0.481 e. The molecule has 0 saturated heterocycles. The van der Waals surface area contributed by atoms with Gasteiger partial charge in [-0.1, -0.05) is 29.3 Å². The Hall–Kier alpha value is -0.910. The maximum atomic E-state index is 12.0. The molecule has 0 bridgehead atoms. The van der Waals surface area contributed by atoms with Gasteiger partial charge < -0.3 is 10.4 Å². The van der Waals surface area contributed by atoms with E-state index in [1.165, 1.54) is 11.8 Å². The molecule has 0 unspecified atom stereocenters. The third-order valence-electron chi connectivity index (χ3n) is 3.71. The summed E-state index contributed by atoms with van der Waals surface area (Å²) in [5.74, 6) is -0.119. The zero-order valence-corrected chi connectivity index (χ0v) is 14.2. The highest BCUT2D eigenvalue weighted by molar-refractivity contribution is 7.99. The van der Waals surface area contributed by atoms with Crippen molar-refractivity contribution < 1.29 is 14.7 Å². The molecule has 4 nitrogen and oxygen atoms in total. The van der Waals surface area contributed by atoms with E-state index < -0.39 is 11.5 Å². The average Bonchev–Trinajstić information content (AvgIpc) is 2.38. The van der Waals surface area contributed by atoms with Crippen molar-refractivity contribution in [3.63, 3.8) is 0 Å². The largest absolute Gasteiger partial charge is 0.481 e.